The molecule has 1 saturated carbocycles. The van der Waals surface area contributed by atoms with Gasteiger partial charge >= 0.3 is 11.9 Å². The number of ether oxygens (including phenoxy) is 4. The van der Waals surface area contributed by atoms with Crippen molar-refractivity contribution in [2.75, 3.05) is 26.4 Å². The normalized spacial score (nSPS) is 19.8. The summed E-state index contributed by atoms with van der Waals surface area (Å²) in [6.07, 6.45) is 2.19. The van der Waals surface area contributed by atoms with Crippen molar-refractivity contribution in [1.29, 1.82) is 0 Å². The molecule has 3 atom stereocenters. The van der Waals surface area contributed by atoms with E-state index in [-0.39, 0.29) is 26.4 Å². The molecule has 0 aromatic heterocycles. The zero-order valence-electron chi connectivity index (χ0n) is 21.1. The maximum Gasteiger partial charge on any atom is 0.333 e. The van der Waals surface area contributed by atoms with Gasteiger partial charge in [0.1, 0.15) is 37.9 Å². The highest BCUT2D eigenvalue weighted by molar-refractivity contribution is 5.99. The zero-order chi connectivity index (χ0) is 25.3. The summed E-state index contributed by atoms with van der Waals surface area (Å²) in [5, 5.41) is 2.01. The SMILES string of the molecule is C=C(C)C(=O)OCCOc1c2c(c(OCCOC(=O)C(=C)C)c3c(C)cccc13)C1CC(C)C2C1. The number of hydrogen-bond acceptors (Lipinski definition) is 6. The summed E-state index contributed by atoms with van der Waals surface area (Å²) < 4.78 is 23.2. The fraction of sp³-hybridized carbons (Fsp3) is 0.448. The molecule has 0 aliphatic heterocycles. The van der Waals surface area contributed by atoms with Gasteiger partial charge in [0.05, 0.1) is 0 Å². The van der Waals surface area contributed by atoms with Gasteiger partial charge in [-0.15, -0.1) is 0 Å². The minimum atomic E-state index is -0.414. The molecule has 1 fully saturated rings. The standard InChI is InChI=1S/C29H34O6/c1-16(2)28(30)34-12-10-32-26-21-9-7-8-18(5)23(21)27(33-11-13-35-29(31)17(3)4)24-20-14-19(6)22(15-20)25(24)26/h7-9,19-20,22H,1,3,10-15H2,2,4-6H3. The first-order chi connectivity index (χ1) is 16.7. The van der Waals surface area contributed by atoms with E-state index in [2.05, 4.69) is 39.1 Å². The van der Waals surface area contributed by atoms with Crippen LogP contribution in [0.3, 0.4) is 0 Å². The Labute approximate surface area is 206 Å². The molecule has 2 bridgehead atoms. The highest BCUT2D eigenvalue weighted by Gasteiger charge is 2.46. The van der Waals surface area contributed by atoms with Crippen LogP contribution in [0.15, 0.2) is 42.5 Å². The summed E-state index contributed by atoms with van der Waals surface area (Å²) in [4.78, 5) is 23.5. The summed E-state index contributed by atoms with van der Waals surface area (Å²) in [5.41, 5.74) is 4.26. The van der Waals surface area contributed by atoms with Gasteiger partial charge in [0.2, 0.25) is 0 Å². The van der Waals surface area contributed by atoms with Crippen LogP contribution in [0.1, 0.15) is 62.1 Å². The Morgan fingerprint density at radius 1 is 0.886 bits per heavy atom. The van der Waals surface area contributed by atoms with Crippen molar-refractivity contribution in [2.45, 2.75) is 52.4 Å². The maximum absolute atomic E-state index is 11.8. The molecular weight excluding hydrogens is 444 g/mol. The predicted molar refractivity (Wildman–Crippen MR) is 135 cm³/mol. The van der Waals surface area contributed by atoms with E-state index in [1.165, 1.54) is 11.1 Å². The molecule has 0 saturated heterocycles. The van der Waals surface area contributed by atoms with Gasteiger partial charge < -0.3 is 18.9 Å². The van der Waals surface area contributed by atoms with Crippen LogP contribution in [0.2, 0.25) is 0 Å². The van der Waals surface area contributed by atoms with Gasteiger partial charge in [-0.25, -0.2) is 9.59 Å². The van der Waals surface area contributed by atoms with Crippen LogP contribution < -0.4 is 9.47 Å². The van der Waals surface area contributed by atoms with Crippen molar-refractivity contribution >= 4 is 22.7 Å². The Kier molecular flexibility index (Phi) is 7.20. The van der Waals surface area contributed by atoms with Gasteiger partial charge in [0, 0.05) is 33.0 Å². The lowest BCUT2D eigenvalue weighted by Crippen LogP contribution is -2.17. The molecule has 6 nitrogen and oxygen atoms in total. The molecule has 2 aromatic rings. The van der Waals surface area contributed by atoms with E-state index in [1.807, 2.05) is 6.07 Å². The first-order valence-corrected chi connectivity index (χ1v) is 12.2. The second-order valence-corrected chi connectivity index (χ2v) is 9.76. The number of rotatable bonds is 10. The van der Waals surface area contributed by atoms with E-state index in [1.54, 1.807) is 13.8 Å². The Morgan fingerprint density at radius 3 is 2.09 bits per heavy atom. The molecule has 2 aromatic carbocycles. The smallest absolute Gasteiger partial charge is 0.333 e. The summed E-state index contributed by atoms with van der Waals surface area (Å²) in [6, 6.07) is 6.15. The molecule has 35 heavy (non-hydrogen) atoms. The number of hydrogen-bond donors (Lipinski definition) is 0. The minimum Gasteiger partial charge on any atom is -0.489 e. The van der Waals surface area contributed by atoms with Gasteiger partial charge in [-0.2, -0.15) is 0 Å². The first-order valence-electron chi connectivity index (χ1n) is 12.2. The minimum absolute atomic E-state index is 0.157. The molecule has 0 radical (unpaired) electrons. The van der Waals surface area contributed by atoms with E-state index in [0.717, 1.165) is 40.7 Å². The molecule has 0 N–H and O–H groups in total. The molecule has 4 rings (SSSR count). The van der Waals surface area contributed by atoms with Crippen molar-refractivity contribution < 1.29 is 28.5 Å². The summed E-state index contributed by atoms with van der Waals surface area (Å²) >= 11 is 0. The highest BCUT2D eigenvalue weighted by atomic mass is 16.6. The van der Waals surface area contributed by atoms with Crippen molar-refractivity contribution in [3.63, 3.8) is 0 Å². The van der Waals surface area contributed by atoms with E-state index in [0.29, 0.717) is 28.9 Å². The number of benzene rings is 2. The van der Waals surface area contributed by atoms with E-state index < -0.39 is 11.9 Å². The monoisotopic (exact) mass is 478 g/mol. The Bertz CT molecular complexity index is 1190. The lowest BCUT2D eigenvalue weighted by Gasteiger charge is -2.28. The molecule has 2 aliphatic carbocycles. The van der Waals surface area contributed by atoms with Crippen molar-refractivity contribution in [3.05, 3.63) is 59.2 Å². The molecule has 0 spiro atoms. The first kappa shape index (κ1) is 24.8. The van der Waals surface area contributed by atoms with E-state index >= 15 is 0 Å². The van der Waals surface area contributed by atoms with Crippen LogP contribution in [-0.2, 0) is 19.1 Å². The van der Waals surface area contributed by atoms with Gasteiger partial charge in [-0.3, -0.25) is 0 Å². The predicted octanol–water partition coefficient (Wildman–Crippen LogP) is 5.76. The second kappa shape index (κ2) is 10.1. The Morgan fingerprint density at radius 2 is 1.49 bits per heavy atom. The van der Waals surface area contributed by atoms with Crippen LogP contribution >= 0.6 is 0 Å². The quantitative estimate of drug-likeness (QED) is 0.246. The fourth-order valence-corrected chi connectivity index (χ4v) is 5.45. The van der Waals surface area contributed by atoms with Crippen molar-refractivity contribution in [1.82, 2.24) is 0 Å². The summed E-state index contributed by atoms with van der Waals surface area (Å²) in [6.45, 7) is 15.7. The third kappa shape index (κ3) is 4.79. The average molecular weight is 479 g/mol. The van der Waals surface area contributed by atoms with Gasteiger partial charge in [-0.05, 0) is 56.9 Å². The summed E-state index contributed by atoms with van der Waals surface area (Å²) in [5.74, 6) is 2.28. The topological polar surface area (TPSA) is 71.1 Å². The van der Waals surface area contributed by atoms with Crippen LogP contribution in [0.25, 0.3) is 10.8 Å². The largest absolute Gasteiger partial charge is 0.489 e. The van der Waals surface area contributed by atoms with Gasteiger partial charge in [-0.1, -0.05) is 38.3 Å². The van der Waals surface area contributed by atoms with Crippen molar-refractivity contribution in [2.24, 2.45) is 5.92 Å². The zero-order valence-corrected chi connectivity index (χ0v) is 21.1. The fourth-order valence-electron chi connectivity index (χ4n) is 5.45. The number of esters is 2. The molecule has 6 heteroatoms. The molecule has 0 heterocycles. The lowest BCUT2D eigenvalue weighted by molar-refractivity contribution is -0.140. The van der Waals surface area contributed by atoms with Crippen LogP contribution in [0, 0.1) is 12.8 Å². The third-order valence-corrected chi connectivity index (χ3v) is 7.01. The van der Waals surface area contributed by atoms with Gasteiger partial charge in [0.15, 0.2) is 0 Å². The van der Waals surface area contributed by atoms with E-state index in [9.17, 15) is 9.59 Å². The van der Waals surface area contributed by atoms with Crippen LogP contribution in [0.5, 0.6) is 11.5 Å². The average Bonchev–Trinajstić information content (AvgIpc) is 3.37. The Hall–Kier alpha value is -3.28. The number of fused-ring (bicyclic) bond motifs is 6. The van der Waals surface area contributed by atoms with Crippen LogP contribution in [-0.4, -0.2) is 38.4 Å². The third-order valence-electron chi connectivity index (χ3n) is 7.01. The van der Waals surface area contributed by atoms with Crippen LogP contribution in [0.4, 0.5) is 0 Å². The second-order valence-electron chi connectivity index (χ2n) is 9.76. The van der Waals surface area contributed by atoms with Gasteiger partial charge in [0.25, 0.3) is 0 Å². The molecular formula is C29H34O6. The Balaban J connectivity index is 1.68. The molecule has 3 unspecified atom stereocenters. The molecule has 2 aliphatic rings. The molecule has 0 amide bonds. The highest BCUT2D eigenvalue weighted by Crippen LogP contribution is 2.63. The van der Waals surface area contributed by atoms with Crippen molar-refractivity contribution in [3.8, 4) is 11.5 Å². The number of carbonyl (C=O) groups is 2. The number of carbonyl (C=O) groups excluding carboxylic acids is 2. The van der Waals surface area contributed by atoms with E-state index in [4.69, 9.17) is 18.9 Å². The summed E-state index contributed by atoms with van der Waals surface area (Å²) in [7, 11) is 0. The molecule has 186 valence electrons. The number of aryl methyl sites for hydroxylation is 1. The lowest BCUT2D eigenvalue weighted by atomic mass is 9.81. The maximum atomic E-state index is 11.8.